The third-order valence-corrected chi connectivity index (χ3v) is 3.92. The van der Waals surface area contributed by atoms with Gasteiger partial charge in [0, 0.05) is 12.5 Å². The molecule has 0 radical (unpaired) electrons. The first-order chi connectivity index (χ1) is 11.6. The van der Waals surface area contributed by atoms with Gasteiger partial charge in [-0.3, -0.25) is 9.69 Å². The van der Waals surface area contributed by atoms with E-state index in [0.717, 1.165) is 0 Å². The van der Waals surface area contributed by atoms with E-state index in [0.29, 0.717) is 19.4 Å². The number of nitrogens with zero attached hydrogens (tertiary/aromatic N) is 1. The average molecular weight is 354 g/mol. The SMILES string of the molecule is C=C[C@@H](C)[C@@H](NC(=O)[C@@H]1CCCN1C(=O)OC(C)(C)C)C(=O)OCC. The third kappa shape index (κ3) is 6.07. The Hall–Kier alpha value is -2.05. The lowest BCUT2D eigenvalue weighted by Gasteiger charge is -2.29. The summed E-state index contributed by atoms with van der Waals surface area (Å²) in [7, 11) is 0. The Balaban J connectivity index is 2.83. The molecule has 3 atom stereocenters. The first-order valence-electron chi connectivity index (χ1n) is 8.70. The van der Waals surface area contributed by atoms with E-state index in [1.54, 1.807) is 40.7 Å². The fourth-order valence-corrected chi connectivity index (χ4v) is 2.60. The summed E-state index contributed by atoms with van der Waals surface area (Å²) in [6.45, 7) is 13.2. The molecular weight excluding hydrogens is 324 g/mol. The maximum absolute atomic E-state index is 12.7. The van der Waals surface area contributed by atoms with Gasteiger partial charge in [0.15, 0.2) is 0 Å². The Bertz CT molecular complexity index is 512. The zero-order chi connectivity index (χ0) is 19.2. The van der Waals surface area contributed by atoms with Crippen molar-refractivity contribution in [3.63, 3.8) is 0 Å². The molecule has 0 aromatic rings. The number of amides is 2. The molecule has 0 aliphatic carbocycles. The molecule has 1 N–H and O–H groups in total. The smallest absolute Gasteiger partial charge is 0.410 e. The minimum Gasteiger partial charge on any atom is -0.464 e. The minimum absolute atomic E-state index is 0.225. The Morgan fingerprint density at radius 2 is 2.00 bits per heavy atom. The van der Waals surface area contributed by atoms with Crippen molar-refractivity contribution < 1.29 is 23.9 Å². The predicted molar refractivity (Wildman–Crippen MR) is 93.9 cm³/mol. The molecule has 1 rings (SSSR count). The summed E-state index contributed by atoms with van der Waals surface area (Å²) in [4.78, 5) is 38.5. The lowest BCUT2D eigenvalue weighted by atomic mass is 10.0. The fraction of sp³-hybridized carbons (Fsp3) is 0.722. The highest BCUT2D eigenvalue weighted by molar-refractivity contribution is 5.90. The van der Waals surface area contributed by atoms with E-state index >= 15 is 0 Å². The van der Waals surface area contributed by atoms with Crippen molar-refractivity contribution in [2.24, 2.45) is 5.92 Å². The molecular formula is C18H30N2O5. The van der Waals surface area contributed by atoms with Gasteiger partial charge in [-0.1, -0.05) is 13.0 Å². The molecule has 1 aliphatic rings. The summed E-state index contributed by atoms with van der Waals surface area (Å²) in [6, 6.07) is -1.48. The maximum Gasteiger partial charge on any atom is 0.410 e. The van der Waals surface area contributed by atoms with Crippen molar-refractivity contribution >= 4 is 18.0 Å². The van der Waals surface area contributed by atoms with Crippen LogP contribution in [0.15, 0.2) is 12.7 Å². The van der Waals surface area contributed by atoms with Gasteiger partial charge >= 0.3 is 12.1 Å². The third-order valence-electron chi connectivity index (χ3n) is 3.92. The van der Waals surface area contributed by atoms with Gasteiger partial charge in [-0.05, 0) is 40.5 Å². The molecule has 0 aromatic carbocycles. The summed E-state index contributed by atoms with van der Waals surface area (Å²) in [5, 5.41) is 2.71. The average Bonchev–Trinajstić information content (AvgIpc) is 3.00. The standard InChI is InChI=1S/C18H30N2O5/c1-7-12(3)14(16(22)24-8-2)19-15(21)13-10-9-11-20(13)17(23)25-18(4,5)6/h7,12-14H,1,8-11H2,2-6H3,(H,19,21)/t12-,13+,14-/m1/s1. The first-order valence-corrected chi connectivity index (χ1v) is 8.70. The second-order valence-corrected chi connectivity index (χ2v) is 7.16. The topological polar surface area (TPSA) is 84.9 Å². The lowest BCUT2D eigenvalue weighted by Crippen LogP contribution is -2.53. The van der Waals surface area contributed by atoms with Crippen molar-refractivity contribution in [2.75, 3.05) is 13.2 Å². The van der Waals surface area contributed by atoms with Crippen LogP contribution < -0.4 is 5.32 Å². The Kier molecular flexibility index (Phi) is 7.45. The number of nitrogens with one attached hydrogen (secondary N) is 1. The summed E-state index contributed by atoms with van der Waals surface area (Å²) >= 11 is 0. The van der Waals surface area contributed by atoms with Gasteiger partial charge in [0.1, 0.15) is 17.7 Å². The molecule has 1 fully saturated rings. The molecule has 0 saturated carbocycles. The van der Waals surface area contributed by atoms with Gasteiger partial charge in [-0.2, -0.15) is 0 Å². The second-order valence-electron chi connectivity index (χ2n) is 7.16. The Labute approximate surface area is 149 Å². The fourth-order valence-electron chi connectivity index (χ4n) is 2.60. The van der Waals surface area contributed by atoms with Gasteiger partial charge in [-0.25, -0.2) is 9.59 Å². The number of likely N-dealkylation sites (tertiary alicyclic amines) is 1. The zero-order valence-electron chi connectivity index (χ0n) is 15.8. The zero-order valence-corrected chi connectivity index (χ0v) is 15.8. The van der Waals surface area contributed by atoms with Gasteiger partial charge in [-0.15, -0.1) is 6.58 Å². The van der Waals surface area contributed by atoms with E-state index in [2.05, 4.69) is 11.9 Å². The lowest BCUT2D eigenvalue weighted by molar-refractivity contribution is -0.148. The van der Waals surface area contributed by atoms with Crippen LogP contribution in [0.1, 0.15) is 47.5 Å². The number of carbonyl (C=O) groups excluding carboxylic acids is 3. The summed E-state index contributed by atoms with van der Waals surface area (Å²) in [6.07, 6.45) is 2.30. The van der Waals surface area contributed by atoms with Gasteiger partial charge in [0.2, 0.25) is 5.91 Å². The quantitative estimate of drug-likeness (QED) is 0.584. The van der Waals surface area contributed by atoms with Crippen LogP contribution in [-0.2, 0) is 19.1 Å². The van der Waals surface area contributed by atoms with Crippen LogP contribution in [-0.4, -0.2) is 53.7 Å². The van der Waals surface area contributed by atoms with Crippen LogP contribution >= 0.6 is 0 Å². The molecule has 142 valence electrons. The monoisotopic (exact) mass is 354 g/mol. The summed E-state index contributed by atoms with van der Waals surface area (Å²) in [5.74, 6) is -1.18. The van der Waals surface area contributed by atoms with Crippen LogP contribution in [0, 0.1) is 5.92 Å². The van der Waals surface area contributed by atoms with E-state index < -0.39 is 29.7 Å². The Morgan fingerprint density at radius 3 is 2.52 bits per heavy atom. The molecule has 7 nitrogen and oxygen atoms in total. The highest BCUT2D eigenvalue weighted by Gasteiger charge is 2.38. The highest BCUT2D eigenvalue weighted by Crippen LogP contribution is 2.21. The molecule has 7 heteroatoms. The number of rotatable bonds is 6. The van der Waals surface area contributed by atoms with E-state index in [9.17, 15) is 14.4 Å². The number of hydrogen-bond acceptors (Lipinski definition) is 5. The van der Waals surface area contributed by atoms with Crippen LogP contribution in [0.3, 0.4) is 0 Å². The molecule has 0 aromatic heterocycles. The molecule has 1 heterocycles. The highest BCUT2D eigenvalue weighted by atomic mass is 16.6. The molecule has 0 unspecified atom stereocenters. The maximum atomic E-state index is 12.7. The summed E-state index contributed by atoms with van der Waals surface area (Å²) in [5.41, 5.74) is -0.633. The molecule has 0 spiro atoms. The second kappa shape index (κ2) is 8.87. The van der Waals surface area contributed by atoms with Gasteiger partial charge in [0.25, 0.3) is 0 Å². The van der Waals surface area contributed by atoms with Crippen molar-refractivity contribution in [1.29, 1.82) is 0 Å². The molecule has 25 heavy (non-hydrogen) atoms. The minimum atomic E-state index is -0.828. The van der Waals surface area contributed by atoms with E-state index in [1.165, 1.54) is 4.90 Å². The number of carbonyl (C=O) groups is 3. The van der Waals surface area contributed by atoms with E-state index in [-0.39, 0.29) is 18.4 Å². The molecule has 1 saturated heterocycles. The Morgan fingerprint density at radius 1 is 1.36 bits per heavy atom. The predicted octanol–water partition coefficient (Wildman–Crippen LogP) is 2.26. The van der Waals surface area contributed by atoms with Crippen LogP contribution in [0.2, 0.25) is 0 Å². The van der Waals surface area contributed by atoms with E-state index in [1.807, 2.05) is 0 Å². The van der Waals surface area contributed by atoms with E-state index in [4.69, 9.17) is 9.47 Å². The van der Waals surface area contributed by atoms with Crippen LogP contribution in [0.5, 0.6) is 0 Å². The molecule has 0 bridgehead atoms. The number of ether oxygens (including phenoxy) is 2. The summed E-state index contributed by atoms with van der Waals surface area (Å²) < 4.78 is 10.4. The molecule has 2 amide bonds. The normalized spacial score (nSPS) is 19.7. The van der Waals surface area contributed by atoms with Crippen molar-refractivity contribution in [3.8, 4) is 0 Å². The van der Waals surface area contributed by atoms with Crippen molar-refractivity contribution in [2.45, 2.75) is 65.1 Å². The van der Waals surface area contributed by atoms with Gasteiger partial charge < -0.3 is 14.8 Å². The van der Waals surface area contributed by atoms with Crippen molar-refractivity contribution in [1.82, 2.24) is 10.2 Å². The number of hydrogen-bond donors (Lipinski definition) is 1. The van der Waals surface area contributed by atoms with Crippen molar-refractivity contribution in [3.05, 3.63) is 12.7 Å². The van der Waals surface area contributed by atoms with Crippen LogP contribution in [0.25, 0.3) is 0 Å². The first kappa shape index (κ1) is 21.0. The van der Waals surface area contributed by atoms with Gasteiger partial charge in [0.05, 0.1) is 6.61 Å². The number of esters is 1. The molecule has 1 aliphatic heterocycles. The largest absolute Gasteiger partial charge is 0.464 e. The van der Waals surface area contributed by atoms with Crippen LogP contribution in [0.4, 0.5) is 4.79 Å².